The molecule has 0 radical (unpaired) electrons. The number of nitrogens with one attached hydrogen (secondary N) is 2. The number of pyridine rings is 1. The number of nitrogens with zero attached hydrogens (tertiary/aromatic N) is 1. The van der Waals surface area contributed by atoms with Crippen LogP contribution < -0.4 is 15.4 Å². The van der Waals surface area contributed by atoms with Crippen LogP contribution in [0.3, 0.4) is 0 Å². The monoisotopic (exact) mass is 487 g/mol. The minimum atomic E-state index is -0.316. The van der Waals surface area contributed by atoms with Crippen LogP contribution in [0.25, 0.3) is 0 Å². The Morgan fingerprint density at radius 3 is 2.68 bits per heavy atom. The van der Waals surface area contributed by atoms with Gasteiger partial charge in [0, 0.05) is 33.3 Å². The summed E-state index contributed by atoms with van der Waals surface area (Å²) in [6, 6.07) is 18.1. The van der Waals surface area contributed by atoms with E-state index in [9.17, 15) is 9.59 Å². The van der Waals surface area contributed by atoms with Gasteiger partial charge in [-0.3, -0.25) is 14.6 Å². The van der Waals surface area contributed by atoms with Crippen molar-refractivity contribution in [3.8, 4) is 5.75 Å². The molecular weight excluding hydrogens is 469 g/mol. The van der Waals surface area contributed by atoms with E-state index < -0.39 is 0 Å². The molecule has 6 nitrogen and oxygen atoms in total. The molecule has 142 valence electrons. The highest BCUT2D eigenvalue weighted by atomic mass is 127. The van der Waals surface area contributed by atoms with Crippen molar-refractivity contribution in [1.82, 2.24) is 10.3 Å². The number of carbonyl (C=O) groups excluding carboxylic acids is 2. The third kappa shape index (κ3) is 5.78. The molecule has 0 aliphatic heterocycles. The van der Waals surface area contributed by atoms with E-state index in [-0.39, 0.29) is 18.4 Å². The average Bonchev–Trinajstić information content (AvgIpc) is 2.72. The number of hydrogen-bond acceptors (Lipinski definition) is 4. The number of hydrogen-bond donors (Lipinski definition) is 2. The molecule has 1 aromatic heterocycles. The normalized spacial score (nSPS) is 10.2. The molecule has 0 unspecified atom stereocenters. The Morgan fingerprint density at radius 2 is 1.89 bits per heavy atom. The zero-order valence-electron chi connectivity index (χ0n) is 14.9. The molecular formula is C21H18IN3O3. The van der Waals surface area contributed by atoms with E-state index in [1.807, 2.05) is 30.3 Å². The lowest BCUT2D eigenvalue weighted by molar-refractivity contribution is -0.115. The SMILES string of the molecule is O=C(CNC(=O)c1ccccc1I)Nc1cccc(OCc2cccnc2)c1. The summed E-state index contributed by atoms with van der Waals surface area (Å²) >= 11 is 2.09. The van der Waals surface area contributed by atoms with Crippen LogP contribution in [0.1, 0.15) is 15.9 Å². The second-order valence-electron chi connectivity index (χ2n) is 5.89. The molecule has 0 aliphatic carbocycles. The molecule has 0 spiro atoms. The summed E-state index contributed by atoms with van der Waals surface area (Å²) in [5.74, 6) is 0.0296. The Labute approximate surface area is 176 Å². The van der Waals surface area contributed by atoms with Crippen LogP contribution in [0, 0.1) is 3.57 Å². The van der Waals surface area contributed by atoms with Gasteiger partial charge in [0.15, 0.2) is 0 Å². The Balaban J connectivity index is 1.51. The fraction of sp³-hybridized carbons (Fsp3) is 0.0952. The smallest absolute Gasteiger partial charge is 0.252 e. The van der Waals surface area contributed by atoms with Gasteiger partial charge in [-0.15, -0.1) is 0 Å². The highest BCUT2D eigenvalue weighted by molar-refractivity contribution is 14.1. The van der Waals surface area contributed by atoms with Crippen LogP contribution in [-0.4, -0.2) is 23.3 Å². The van der Waals surface area contributed by atoms with E-state index in [1.165, 1.54) is 0 Å². The Morgan fingerprint density at radius 1 is 1.04 bits per heavy atom. The maximum atomic E-state index is 12.2. The van der Waals surface area contributed by atoms with Crippen LogP contribution in [0.4, 0.5) is 5.69 Å². The van der Waals surface area contributed by atoms with Gasteiger partial charge < -0.3 is 15.4 Å². The third-order valence-corrected chi connectivity index (χ3v) is 4.71. The standard InChI is InChI=1S/C21H18IN3O3/c22-19-9-2-1-8-18(19)21(27)24-13-20(26)25-16-6-3-7-17(11-16)28-14-15-5-4-10-23-12-15/h1-12H,13-14H2,(H,24,27)(H,25,26). The molecule has 0 bridgehead atoms. The molecule has 28 heavy (non-hydrogen) atoms. The topological polar surface area (TPSA) is 80.3 Å². The van der Waals surface area contributed by atoms with Crippen LogP contribution in [0.5, 0.6) is 5.75 Å². The largest absolute Gasteiger partial charge is 0.489 e. The minimum Gasteiger partial charge on any atom is -0.489 e. The van der Waals surface area contributed by atoms with E-state index in [0.717, 1.165) is 9.13 Å². The maximum Gasteiger partial charge on any atom is 0.252 e. The summed E-state index contributed by atoms with van der Waals surface area (Å²) in [6.07, 6.45) is 3.44. The maximum absolute atomic E-state index is 12.2. The molecule has 3 aromatic rings. The molecule has 3 rings (SSSR count). The molecule has 7 heteroatoms. The first-order chi connectivity index (χ1) is 13.6. The fourth-order valence-electron chi connectivity index (χ4n) is 2.42. The van der Waals surface area contributed by atoms with Crippen molar-refractivity contribution >= 4 is 40.1 Å². The predicted octanol–water partition coefficient (Wildman–Crippen LogP) is 3.63. The first-order valence-electron chi connectivity index (χ1n) is 8.56. The Bertz CT molecular complexity index is 964. The zero-order valence-corrected chi connectivity index (χ0v) is 17.0. The lowest BCUT2D eigenvalue weighted by atomic mass is 10.2. The van der Waals surface area contributed by atoms with Crippen molar-refractivity contribution in [3.05, 3.63) is 87.8 Å². The molecule has 2 N–H and O–H groups in total. The van der Waals surface area contributed by atoms with Gasteiger partial charge in [0.1, 0.15) is 12.4 Å². The first kappa shape index (κ1) is 19.8. The minimum absolute atomic E-state index is 0.120. The van der Waals surface area contributed by atoms with Gasteiger partial charge in [-0.2, -0.15) is 0 Å². The van der Waals surface area contributed by atoms with Crippen molar-refractivity contribution in [1.29, 1.82) is 0 Å². The number of benzene rings is 2. The highest BCUT2D eigenvalue weighted by Crippen LogP contribution is 2.18. The van der Waals surface area contributed by atoms with Crippen molar-refractivity contribution in [3.63, 3.8) is 0 Å². The first-order valence-corrected chi connectivity index (χ1v) is 9.64. The van der Waals surface area contributed by atoms with Gasteiger partial charge >= 0.3 is 0 Å². The molecule has 0 saturated heterocycles. The molecule has 0 saturated carbocycles. The highest BCUT2D eigenvalue weighted by Gasteiger charge is 2.11. The summed E-state index contributed by atoms with van der Waals surface area (Å²) in [6.45, 7) is 0.265. The van der Waals surface area contributed by atoms with Gasteiger partial charge in [0.05, 0.1) is 12.1 Å². The summed E-state index contributed by atoms with van der Waals surface area (Å²) < 4.78 is 6.55. The number of ether oxygens (including phenoxy) is 1. The van der Waals surface area contributed by atoms with Crippen LogP contribution in [0.15, 0.2) is 73.1 Å². The number of amides is 2. The fourth-order valence-corrected chi connectivity index (χ4v) is 3.05. The summed E-state index contributed by atoms with van der Waals surface area (Å²) in [4.78, 5) is 28.4. The molecule has 0 aliphatic rings. The number of anilines is 1. The second-order valence-corrected chi connectivity index (χ2v) is 7.05. The Kier molecular flexibility index (Phi) is 6.96. The van der Waals surface area contributed by atoms with E-state index >= 15 is 0 Å². The van der Waals surface area contributed by atoms with Crippen molar-refractivity contribution in [2.24, 2.45) is 0 Å². The number of carbonyl (C=O) groups is 2. The number of aromatic nitrogens is 1. The zero-order chi connectivity index (χ0) is 19.8. The van der Waals surface area contributed by atoms with Crippen LogP contribution in [-0.2, 0) is 11.4 Å². The molecule has 2 amide bonds. The summed E-state index contributed by atoms with van der Waals surface area (Å²) in [5.41, 5.74) is 2.09. The second kappa shape index (κ2) is 9.84. The van der Waals surface area contributed by atoms with Crippen LogP contribution in [0.2, 0.25) is 0 Å². The molecule has 1 heterocycles. The number of halogens is 1. The van der Waals surface area contributed by atoms with E-state index in [2.05, 4.69) is 38.2 Å². The lowest BCUT2D eigenvalue weighted by Crippen LogP contribution is -2.33. The average molecular weight is 487 g/mol. The third-order valence-electron chi connectivity index (χ3n) is 3.77. The van der Waals surface area contributed by atoms with Gasteiger partial charge in [0.25, 0.3) is 5.91 Å². The van der Waals surface area contributed by atoms with Gasteiger partial charge in [-0.25, -0.2) is 0 Å². The molecule has 0 fully saturated rings. The summed E-state index contributed by atoms with van der Waals surface area (Å²) in [5, 5.41) is 5.38. The quantitative estimate of drug-likeness (QED) is 0.499. The van der Waals surface area contributed by atoms with Crippen molar-refractivity contribution in [2.45, 2.75) is 6.61 Å². The molecule has 0 atom stereocenters. The lowest BCUT2D eigenvalue weighted by Gasteiger charge is -2.10. The van der Waals surface area contributed by atoms with E-state index in [0.29, 0.717) is 23.6 Å². The molecule has 2 aromatic carbocycles. The number of rotatable bonds is 7. The van der Waals surface area contributed by atoms with Crippen LogP contribution >= 0.6 is 22.6 Å². The Hall–Kier alpha value is -2.94. The van der Waals surface area contributed by atoms with Gasteiger partial charge in [-0.1, -0.05) is 24.3 Å². The van der Waals surface area contributed by atoms with Crippen molar-refractivity contribution < 1.29 is 14.3 Å². The van der Waals surface area contributed by atoms with Gasteiger partial charge in [0.2, 0.25) is 5.91 Å². The summed E-state index contributed by atoms with van der Waals surface area (Å²) in [7, 11) is 0. The van der Waals surface area contributed by atoms with Gasteiger partial charge in [-0.05, 0) is 52.9 Å². The predicted molar refractivity (Wildman–Crippen MR) is 115 cm³/mol. The van der Waals surface area contributed by atoms with E-state index in [1.54, 1.807) is 42.7 Å². The van der Waals surface area contributed by atoms with E-state index in [4.69, 9.17) is 4.74 Å². The van der Waals surface area contributed by atoms with Crippen molar-refractivity contribution in [2.75, 3.05) is 11.9 Å².